The summed E-state index contributed by atoms with van der Waals surface area (Å²) in [6.07, 6.45) is 2.82. The first-order chi connectivity index (χ1) is 19.1. The standard InChI is InChI=1S/C29H33F2N3O6/c1-40-29(39)24(14-18-7-10-21(35)11-8-18)33-28(38)23(13-17-5-6-17)32-25(36)15-20-9-12-26(37)34(20)16-19-3-2-4-22(30)27(19)31/h2-4,7-8,10-11,17,20,23-24,35H,5-6,9,12-16H2,1H3,(H,32,36)(H,33,38)/t20-,23-,24-/m0/s1. The van der Waals surface area contributed by atoms with Crippen molar-refractivity contribution in [1.82, 2.24) is 15.5 Å². The molecular weight excluding hydrogens is 524 g/mol. The first-order valence-electron chi connectivity index (χ1n) is 13.3. The zero-order valence-electron chi connectivity index (χ0n) is 22.2. The molecule has 0 unspecified atom stereocenters. The van der Waals surface area contributed by atoms with Gasteiger partial charge in [0.25, 0.3) is 0 Å². The van der Waals surface area contributed by atoms with E-state index < -0.39 is 47.5 Å². The second kappa shape index (κ2) is 12.9. The molecule has 214 valence electrons. The van der Waals surface area contributed by atoms with Crippen molar-refractivity contribution in [3.63, 3.8) is 0 Å². The van der Waals surface area contributed by atoms with Crippen LogP contribution in [0.25, 0.3) is 0 Å². The average molecular weight is 558 g/mol. The van der Waals surface area contributed by atoms with Crippen molar-refractivity contribution in [1.29, 1.82) is 0 Å². The molecule has 0 aromatic heterocycles. The highest BCUT2D eigenvalue weighted by atomic mass is 19.2. The third kappa shape index (κ3) is 7.55. The van der Waals surface area contributed by atoms with Crippen LogP contribution in [0.4, 0.5) is 8.78 Å². The quantitative estimate of drug-likeness (QED) is 0.345. The van der Waals surface area contributed by atoms with Crippen molar-refractivity contribution >= 4 is 23.7 Å². The van der Waals surface area contributed by atoms with Crippen LogP contribution in [0.5, 0.6) is 5.75 Å². The summed E-state index contributed by atoms with van der Waals surface area (Å²) in [5.74, 6) is -3.61. The van der Waals surface area contributed by atoms with Gasteiger partial charge in [-0.1, -0.05) is 37.1 Å². The maximum Gasteiger partial charge on any atom is 0.328 e. The SMILES string of the molecule is COC(=O)[C@H](Cc1ccc(O)cc1)NC(=O)[C@H](CC1CC1)NC(=O)C[C@@H]1CCC(=O)N1Cc1cccc(F)c1F. The number of halogens is 2. The number of carbonyl (C=O) groups excluding carboxylic acids is 4. The maximum absolute atomic E-state index is 14.2. The number of benzene rings is 2. The number of likely N-dealkylation sites (tertiary alicyclic amines) is 1. The topological polar surface area (TPSA) is 125 Å². The Kier molecular flexibility index (Phi) is 9.34. The van der Waals surface area contributed by atoms with E-state index in [2.05, 4.69) is 10.6 Å². The zero-order chi connectivity index (χ0) is 28.8. The highest BCUT2D eigenvalue weighted by molar-refractivity contribution is 5.91. The number of hydrogen-bond donors (Lipinski definition) is 3. The molecule has 1 heterocycles. The molecule has 3 N–H and O–H groups in total. The van der Waals surface area contributed by atoms with Crippen LogP contribution in [0, 0.1) is 17.6 Å². The Labute approximate surface area is 230 Å². The summed E-state index contributed by atoms with van der Waals surface area (Å²) in [6.45, 7) is -0.162. The monoisotopic (exact) mass is 557 g/mol. The predicted molar refractivity (Wildman–Crippen MR) is 140 cm³/mol. The molecule has 1 saturated carbocycles. The van der Waals surface area contributed by atoms with Crippen molar-refractivity contribution in [2.75, 3.05) is 7.11 Å². The molecular formula is C29H33F2N3O6. The fourth-order valence-corrected chi connectivity index (χ4v) is 4.94. The first-order valence-corrected chi connectivity index (χ1v) is 13.3. The number of esters is 1. The number of rotatable bonds is 12. The van der Waals surface area contributed by atoms with E-state index in [1.807, 2.05) is 0 Å². The number of aromatic hydroxyl groups is 1. The minimum absolute atomic E-state index is 0.0223. The molecule has 0 spiro atoms. The van der Waals surface area contributed by atoms with E-state index >= 15 is 0 Å². The summed E-state index contributed by atoms with van der Waals surface area (Å²) in [5, 5.41) is 15.0. The van der Waals surface area contributed by atoms with Crippen molar-refractivity contribution in [3.05, 3.63) is 65.2 Å². The van der Waals surface area contributed by atoms with Crippen molar-refractivity contribution in [2.45, 2.75) is 69.6 Å². The fraction of sp³-hybridized carbons (Fsp3) is 0.448. The molecule has 3 amide bonds. The molecule has 3 atom stereocenters. The van der Waals surface area contributed by atoms with Crippen molar-refractivity contribution in [3.8, 4) is 5.75 Å². The molecule has 1 aliphatic carbocycles. The Hall–Kier alpha value is -4.02. The van der Waals surface area contributed by atoms with E-state index in [1.54, 1.807) is 12.1 Å². The second-order valence-electron chi connectivity index (χ2n) is 10.4. The molecule has 2 aromatic rings. The molecule has 1 aliphatic heterocycles. The molecule has 4 rings (SSSR count). The van der Waals surface area contributed by atoms with E-state index in [0.29, 0.717) is 18.4 Å². The lowest BCUT2D eigenvalue weighted by atomic mass is 10.0. The van der Waals surface area contributed by atoms with E-state index in [4.69, 9.17) is 4.74 Å². The Bertz CT molecular complexity index is 1250. The molecule has 0 bridgehead atoms. The summed E-state index contributed by atoms with van der Waals surface area (Å²) in [6, 6.07) is 7.52. The van der Waals surface area contributed by atoms with Crippen LogP contribution >= 0.6 is 0 Å². The summed E-state index contributed by atoms with van der Waals surface area (Å²) in [4.78, 5) is 52.6. The lowest BCUT2D eigenvalue weighted by Gasteiger charge is -2.26. The van der Waals surface area contributed by atoms with Crippen LogP contribution in [0.3, 0.4) is 0 Å². The molecule has 2 aromatic carbocycles. The van der Waals surface area contributed by atoms with E-state index in [-0.39, 0.29) is 48.9 Å². The predicted octanol–water partition coefficient (Wildman–Crippen LogP) is 2.74. The summed E-state index contributed by atoms with van der Waals surface area (Å²) < 4.78 is 32.7. The normalized spacial score (nSPS) is 18.2. The fourth-order valence-electron chi connectivity index (χ4n) is 4.94. The van der Waals surface area contributed by atoms with Gasteiger partial charge in [-0.3, -0.25) is 14.4 Å². The third-order valence-electron chi connectivity index (χ3n) is 7.34. The lowest BCUT2D eigenvalue weighted by molar-refractivity contribution is -0.145. The van der Waals surface area contributed by atoms with Gasteiger partial charge < -0.3 is 25.4 Å². The van der Waals surface area contributed by atoms with Gasteiger partial charge in [0.1, 0.15) is 17.8 Å². The Morgan fingerprint density at radius 3 is 2.45 bits per heavy atom. The van der Waals surface area contributed by atoms with E-state index in [1.165, 1.54) is 36.3 Å². The number of phenols is 1. The number of nitrogens with one attached hydrogen (secondary N) is 2. The molecule has 2 aliphatic rings. The minimum atomic E-state index is -1.03. The summed E-state index contributed by atoms with van der Waals surface area (Å²) >= 11 is 0. The largest absolute Gasteiger partial charge is 0.508 e. The number of carbonyl (C=O) groups is 4. The molecule has 0 radical (unpaired) electrons. The number of nitrogens with zero attached hydrogens (tertiary/aromatic N) is 1. The van der Waals surface area contributed by atoms with Gasteiger partial charge in [-0.2, -0.15) is 0 Å². The molecule has 11 heteroatoms. The number of methoxy groups -OCH3 is 1. The smallest absolute Gasteiger partial charge is 0.328 e. The van der Waals surface area contributed by atoms with Gasteiger partial charge in [-0.05, 0) is 42.5 Å². The number of phenolic OH excluding ortho intramolecular Hbond substituents is 1. The molecule has 40 heavy (non-hydrogen) atoms. The van der Waals surface area contributed by atoms with Crippen LogP contribution in [0.1, 0.15) is 49.7 Å². The molecule has 9 nitrogen and oxygen atoms in total. The van der Waals surface area contributed by atoms with Gasteiger partial charge in [0.05, 0.1) is 7.11 Å². The minimum Gasteiger partial charge on any atom is -0.508 e. The maximum atomic E-state index is 14.2. The first kappa shape index (κ1) is 29.0. The summed E-state index contributed by atoms with van der Waals surface area (Å²) in [5.41, 5.74) is 0.714. The second-order valence-corrected chi connectivity index (χ2v) is 10.4. The van der Waals surface area contributed by atoms with Crippen molar-refractivity contribution < 1.29 is 37.8 Å². The van der Waals surface area contributed by atoms with Gasteiger partial charge in [-0.25, -0.2) is 13.6 Å². The highest BCUT2D eigenvalue weighted by Gasteiger charge is 2.36. The van der Waals surface area contributed by atoms with Gasteiger partial charge >= 0.3 is 5.97 Å². The Morgan fingerprint density at radius 1 is 1.05 bits per heavy atom. The van der Waals surface area contributed by atoms with Gasteiger partial charge in [0, 0.05) is 37.4 Å². The Morgan fingerprint density at radius 2 is 1.77 bits per heavy atom. The number of ether oxygens (including phenoxy) is 1. The van der Waals surface area contributed by atoms with Crippen LogP contribution < -0.4 is 10.6 Å². The Balaban J connectivity index is 1.40. The van der Waals surface area contributed by atoms with E-state index in [9.17, 15) is 33.1 Å². The number of amides is 3. The summed E-state index contributed by atoms with van der Waals surface area (Å²) in [7, 11) is 1.21. The van der Waals surface area contributed by atoms with E-state index in [0.717, 1.165) is 18.9 Å². The third-order valence-corrected chi connectivity index (χ3v) is 7.34. The molecule has 1 saturated heterocycles. The van der Waals surface area contributed by atoms with Crippen LogP contribution in [0.2, 0.25) is 0 Å². The lowest BCUT2D eigenvalue weighted by Crippen LogP contribution is -2.53. The van der Waals surface area contributed by atoms with Crippen LogP contribution in [0.15, 0.2) is 42.5 Å². The van der Waals surface area contributed by atoms with Crippen LogP contribution in [-0.4, -0.2) is 58.9 Å². The average Bonchev–Trinajstić information content (AvgIpc) is 3.69. The molecule has 2 fully saturated rings. The van der Waals surface area contributed by atoms with Crippen molar-refractivity contribution in [2.24, 2.45) is 5.92 Å². The van der Waals surface area contributed by atoms with Crippen LogP contribution in [-0.2, 0) is 36.9 Å². The highest BCUT2D eigenvalue weighted by Crippen LogP contribution is 2.34. The number of hydrogen-bond acceptors (Lipinski definition) is 6. The van der Waals surface area contributed by atoms with Gasteiger partial charge in [0.15, 0.2) is 11.6 Å². The zero-order valence-corrected chi connectivity index (χ0v) is 22.2. The van der Waals surface area contributed by atoms with Gasteiger partial charge in [0.2, 0.25) is 17.7 Å². The van der Waals surface area contributed by atoms with Gasteiger partial charge in [-0.15, -0.1) is 0 Å².